The monoisotopic (exact) mass is 495 g/mol. The minimum Gasteiger partial charge on any atom is -0.508 e. The van der Waals surface area contributed by atoms with Crippen LogP contribution in [0, 0.1) is 0 Å². The van der Waals surface area contributed by atoms with Gasteiger partial charge in [-0.05, 0) is 56.3 Å². The zero-order valence-electron chi connectivity index (χ0n) is 23.3. The Hall–Kier alpha value is -1.42. The van der Waals surface area contributed by atoms with Gasteiger partial charge >= 0.3 is 0 Å². The van der Waals surface area contributed by atoms with Gasteiger partial charge in [0.2, 0.25) is 0 Å². The Balaban J connectivity index is 0.00000298. The number of phenols is 2. The number of ether oxygens (including phenoxy) is 1. The van der Waals surface area contributed by atoms with Gasteiger partial charge in [0.1, 0.15) is 11.5 Å². The average molecular weight is 496 g/mol. The van der Waals surface area contributed by atoms with E-state index in [1.54, 1.807) is 7.11 Å². The number of aromatic hydroxyl groups is 2. The number of nitrogens with two attached hydrogens (primary N) is 2. The van der Waals surface area contributed by atoms with Crippen LogP contribution in [0.15, 0.2) is 12.1 Å². The molecule has 204 valence electrons. The number of hydrogen-bond donors (Lipinski definition) is 5. The zero-order chi connectivity index (χ0) is 26.5. The predicted octanol–water partition coefficient (Wildman–Crippen LogP) is 3.68. The summed E-state index contributed by atoms with van der Waals surface area (Å²) in [7, 11) is 1.64. The number of rotatable bonds is 13. The predicted molar refractivity (Wildman–Crippen MR) is 146 cm³/mol. The normalized spacial score (nSPS) is 20.1. The van der Waals surface area contributed by atoms with Crippen LogP contribution < -0.4 is 16.8 Å². The highest BCUT2D eigenvalue weighted by Crippen LogP contribution is 2.38. The first-order valence-electron chi connectivity index (χ1n) is 13.5. The molecular weight excluding hydrogens is 442 g/mol. The molecule has 1 saturated carbocycles. The summed E-state index contributed by atoms with van der Waals surface area (Å²) in [5.41, 5.74) is 14.7. The molecule has 0 saturated heterocycles. The van der Waals surface area contributed by atoms with E-state index in [1.807, 2.05) is 33.8 Å². The molecule has 1 aromatic rings. The molecule has 2 rings (SSSR count). The molecule has 0 radical (unpaired) electrons. The van der Waals surface area contributed by atoms with Crippen molar-refractivity contribution in [3.8, 4) is 11.5 Å². The van der Waals surface area contributed by atoms with Gasteiger partial charge in [-0.2, -0.15) is 0 Å². The van der Waals surface area contributed by atoms with E-state index in [4.69, 9.17) is 16.2 Å². The molecule has 1 aliphatic rings. The Morgan fingerprint density at radius 3 is 2.09 bits per heavy atom. The third kappa shape index (κ3) is 8.88. The van der Waals surface area contributed by atoms with Crippen LogP contribution in [0.3, 0.4) is 0 Å². The molecule has 35 heavy (non-hydrogen) atoms. The summed E-state index contributed by atoms with van der Waals surface area (Å²) in [6.45, 7) is 16.9. The second kappa shape index (κ2) is 16.3. The first-order valence-corrected chi connectivity index (χ1v) is 13.5. The fourth-order valence-corrected chi connectivity index (χ4v) is 5.15. The Kier molecular flexibility index (Phi) is 14.8. The molecule has 1 aliphatic carbocycles. The maximum Gasteiger partial charge on any atom is 0.125 e. The van der Waals surface area contributed by atoms with E-state index in [2.05, 4.69) is 29.0 Å². The maximum absolute atomic E-state index is 10.6. The summed E-state index contributed by atoms with van der Waals surface area (Å²) in [4.78, 5) is 4.67. The van der Waals surface area contributed by atoms with Gasteiger partial charge < -0.3 is 31.7 Å². The molecule has 2 atom stereocenters. The molecule has 8 nitrogen and oxygen atoms in total. The molecule has 1 fully saturated rings. The lowest BCUT2D eigenvalue weighted by Gasteiger charge is -2.45. The van der Waals surface area contributed by atoms with E-state index < -0.39 is 12.3 Å². The Bertz CT molecular complexity index is 710. The summed E-state index contributed by atoms with van der Waals surface area (Å²) in [6.07, 6.45) is 3.18. The quantitative estimate of drug-likeness (QED) is 0.208. The molecule has 0 heterocycles. The van der Waals surface area contributed by atoms with Crippen LogP contribution in [0.4, 0.5) is 0 Å². The molecule has 0 spiro atoms. The topological polar surface area (TPSA) is 120 Å². The van der Waals surface area contributed by atoms with Crippen LogP contribution in [0.1, 0.15) is 90.4 Å². The van der Waals surface area contributed by atoms with Crippen LogP contribution in [0.2, 0.25) is 0 Å². The van der Waals surface area contributed by atoms with Gasteiger partial charge in [-0.3, -0.25) is 9.80 Å². The highest BCUT2D eigenvalue weighted by Gasteiger charge is 2.35. The van der Waals surface area contributed by atoms with Crippen molar-refractivity contribution in [3.05, 3.63) is 23.3 Å². The first-order chi connectivity index (χ1) is 16.7. The molecule has 7 N–H and O–H groups in total. The van der Waals surface area contributed by atoms with Crippen molar-refractivity contribution in [2.24, 2.45) is 11.5 Å². The SMILES string of the molecule is CC.CCNCCN(CC)C1CCC(N(C(N)COC)C(N)c2cc(C(C)C)c(O)cc2O)CC1. The fraction of sp³-hybridized carbons (Fsp3) is 0.778. The lowest BCUT2D eigenvalue weighted by Crippen LogP contribution is -2.56. The van der Waals surface area contributed by atoms with Crippen LogP contribution in [-0.2, 0) is 4.74 Å². The van der Waals surface area contributed by atoms with Gasteiger partial charge in [0, 0.05) is 43.9 Å². The largest absolute Gasteiger partial charge is 0.508 e. The first kappa shape index (κ1) is 31.6. The van der Waals surface area contributed by atoms with Crippen molar-refractivity contribution in [2.45, 2.75) is 97.6 Å². The van der Waals surface area contributed by atoms with Crippen molar-refractivity contribution in [2.75, 3.05) is 39.9 Å². The van der Waals surface area contributed by atoms with E-state index in [9.17, 15) is 10.2 Å². The number of nitrogens with zero attached hydrogens (tertiary/aromatic N) is 2. The summed E-state index contributed by atoms with van der Waals surface area (Å²) >= 11 is 0. The minimum atomic E-state index is -0.592. The van der Waals surface area contributed by atoms with E-state index in [1.165, 1.54) is 6.07 Å². The third-order valence-electron chi connectivity index (χ3n) is 6.99. The number of phenolic OH excluding ortho intramolecular Hbond substituents is 2. The van der Waals surface area contributed by atoms with Crippen LogP contribution >= 0.6 is 0 Å². The number of methoxy groups -OCH3 is 1. The maximum atomic E-state index is 10.6. The van der Waals surface area contributed by atoms with Crippen molar-refractivity contribution in [1.82, 2.24) is 15.1 Å². The highest BCUT2D eigenvalue weighted by atomic mass is 16.5. The van der Waals surface area contributed by atoms with Crippen molar-refractivity contribution in [1.29, 1.82) is 0 Å². The molecule has 0 aromatic heterocycles. The van der Waals surface area contributed by atoms with Crippen molar-refractivity contribution in [3.63, 3.8) is 0 Å². The van der Waals surface area contributed by atoms with Gasteiger partial charge in [-0.25, -0.2) is 0 Å². The zero-order valence-corrected chi connectivity index (χ0v) is 23.3. The van der Waals surface area contributed by atoms with Crippen molar-refractivity contribution < 1.29 is 14.9 Å². The Labute approximate surface area is 214 Å². The Morgan fingerprint density at radius 1 is 1.00 bits per heavy atom. The fourth-order valence-electron chi connectivity index (χ4n) is 5.15. The van der Waals surface area contributed by atoms with Crippen LogP contribution in [-0.4, -0.2) is 78.2 Å². The molecule has 8 heteroatoms. The minimum absolute atomic E-state index is 0.00622. The number of likely N-dealkylation sites (N-methyl/N-ethyl adjacent to an activating group) is 2. The van der Waals surface area contributed by atoms with Crippen LogP contribution in [0.5, 0.6) is 11.5 Å². The molecule has 2 unspecified atom stereocenters. The number of benzene rings is 1. The molecule has 1 aromatic carbocycles. The van der Waals surface area contributed by atoms with E-state index in [0.29, 0.717) is 18.2 Å². The molecule has 0 amide bonds. The van der Waals surface area contributed by atoms with Crippen LogP contribution in [0.25, 0.3) is 0 Å². The van der Waals surface area contributed by atoms with E-state index in [-0.39, 0.29) is 23.5 Å². The van der Waals surface area contributed by atoms with Gasteiger partial charge in [0.05, 0.1) is 18.9 Å². The van der Waals surface area contributed by atoms with E-state index >= 15 is 0 Å². The lowest BCUT2D eigenvalue weighted by molar-refractivity contribution is 0.00530. The highest BCUT2D eigenvalue weighted by molar-refractivity contribution is 5.47. The molecular formula is C27H53N5O3. The lowest BCUT2D eigenvalue weighted by atomic mass is 9.88. The van der Waals surface area contributed by atoms with Gasteiger partial charge in [0.15, 0.2) is 0 Å². The number of hydrogen-bond acceptors (Lipinski definition) is 8. The summed E-state index contributed by atoms with van der Waals surface area (Å²) in [6, 6.07) is 3.98. The van der Waals surface area contributed by atoms with Gasteiger partial charge in [0.25, 0.3) is 0 Å². The standard InChI is InChI=1S/C25H47N5O3.C2H6/c1-6-28-12-13-29(7-2)18-8-10-19(11-9-18)30(24(26)16-33-5)25(27)21-14-20(17(3)4)22(31)15-23(21)32;1-2/h14-15,17-19,24-25,28,31-32H,6-13,16,26-27H2,1-5H3;1-2H3. The second-order valence-corrected chi connectivity index (χ2v) is 9.48. The van der Waals surface area contributed by atoms with Crippen molar-refractivity contribution >= 4 is 0 Å². The third-order valence-corrected chi connectivity index (χ3v) is 6.99. The number of nitrogens with one attached hydrogen (secondary N) is 1. The molecule has 0 aliphatic heterocycles. The molecule has 0 bridgehead atoms. The van der Waals surface area contributed by atoms with E-state index in [0.717, 1.165) is 57.4 Å². The average Bonchev–Trinajstić information content (AvgIpc) is 2.84. The second-order valence-electron chi connectivity index (χ2n) is 9.48. The Morgan fingerprint density at radius 2 is 1.57 bits per heavy atom. The summed E-state index contributed by atoms with van der Waals surface area (Å²) in [5.74, 6) is 0.188. The summed E-state index contributed by atoms with van der Waals surface area (Å²) < 4.78 is 5.36. The summed E-state index contributed by atoms with van der Waals surface area (Å²) in [5, 5.41) is 24.3. The van der Waals surface area contributed by atoms with Gasteiger partial charge in [-0.1, -0.05) is 41.5 Å². The van der Waals surface area contributed by atoms with Gasteiger partial charge in [-0.15, -0.1) is 0 Å². The smallest absolute Gasteiger partial charge is 0.125 e.